The summed E-state index contributed by atoms with van der Waals surface area (Å²) in [6, 6.07) is 13.6. The van der Waals surface area contributed by atoms with Crippen LogP contribution in [0.1, 0.15) is 16.7 Å². The van der Waals surface area contributed by atoms with Gasteiger partial charge < -0.3 is 4.98 Å². The van der Waals surface area contributed by atoms with Crippen molar-refractivity contribution in [3.8, 4) is 0 Å². The van der Waals surface area contributed by atoms with Crippen molar-refractivity contribution < 1.29 is 0 Å². The number of rotatable bonds is 4. The fraction of sp³-hybridized carbons (Fsp3) is 0.105. The molecule has 3 aromatic heterocycles. The van der Waals surface area contributed by atoms with E-state index < -0.39 is 0 Å². The zero-order valence-electron chi connectivity index (χ0n) is 13.3. The standard InChI is InChI=1S/C19H15ClN4O/c20-19-16-12-24(23-17(16)7-8-21-19)11-14-3-1-13(2-4-14)9-15-5-6-18(25)22-10-15/h1-8,10,12H,9,11H2,(H,22,25). The minimum absolute atomic E-state index is 0.0824. The lowest BCUT2D eigenvalue weighted by molar-refractivity contribution is 0.695. The number of hydrogen-bond acceptors (Lipinski definition) is 3. The molecule has 124 valence electrons. The molecule has 6 heteroatoms. The largest absolute Gasteiger partial charge is 0.329 e. The van der Waals surface area contributed by atoms with Gasteiger partial charge in [0.15, 0.2) is 0 Å². The molecule has 0 amide bonds. The van der Waals surface area contributed by atoms with Gasteiger partial charge >= 0.3 is 0 Å². The molecule has 0 radical (unpaired) electrons. The Hall–Kier alpha value is -2.92. The van der Waals surface area contributed by atoms with Crippen molar-refractivity contribution in [2.24, 2.45) is 0 Å². The molecular weight excluding hydrogens is 336 g/mol. The van der Waals surface area contributed by atoms with Gasteiger partial charge in [0.25, 0.3) is 0 Å². The van der Waals surface area contributed by atoms with Crippen LogP contribution in [-0.4, -0.2) is 19.7 Å². The Bertz CT molecular complexity index is 1060. The van der Waals surface area contributed by atoms with Gasteiger partial charge in [0.2, 0.25) is 5.56 Å². The zero-order valence-corrected chi connectivity index (χ0v) is 14.1. The number of aromatic amines is 1. The van der Waals surface area contributed by atoms with Crippen LogP contribution in [0.25, 0.3) is 10.9 Å². The maximum atomic E-state index is 11.1. The number of fused-ring (bicyclic) bond motifs is 1. The molecule has 0 fully saturated rings. The van der Waals surface area contributed by atoms with Crippen molar-refractivity contribution >= 4 is 22.5 Å². The highest BCUT2D eigenvalue weighted by molar-refractivity contribution is 6.34. The lowest BCUT2D eigenvalue weighted by atomic mass is 10.0. The molecule has 1 N–H and O–H groups in total. The fourth-order valence-corrected chi connectivity index (χ4v) is 2.98. The van der Waals surface area contributed by atoms with Crippen LogP contribution in [0.2, 0.25) is 5.15 Å². The van der Waals surface area contributed by atoms with E-state index in [1.807, 2.05) is 23.0 Å². The average molecular weight is 351 g/mol. The second-order valence-corrected chi connectivity index (χ2v) is 6.27. The van der Waals surface area contributed by atoms with Crippen LogP contribution in [0, 0.1) is 0 Å². The Morgan fingerprint density at radius 1 is 1.00 bits per heavy atom. The van der Waals surface area contributed by atoms with E-state index in [0.717, 1.165) is 28.5 Å². The van der Waals surface area contributed by atoms with E-state index in [2.05, 4.69) is 39.3 Å². The van der Waals surface area contributed by atoms with Crippen LogP contribution in [-0.2, 0) is 13.0 Å². The molecule has 0 aliphatic rings. The van der Waals surface area contributed by atoms with E-state index in [1.165, 1.54) is 5.56 Å². The topological polar surface area (TPSA) is 63.6 Å². The predicted octanol–water partition coefficient (Wildman–Crippen LogP) is 3.41. The van der Waals surface area contributed by atoms with E-state index in [0.29, 0.717) is 11.7 Å². The number of pyridine rings is 2. The van der Waals surface area contributed by atoms with Gasteiger partial charge in [-0.1, -0.05) is 41.9 Å². The Labute approximate surface area is 148 Å². The van der Waals surface area contributed by atoms with Crippen LogP contribution in [0.15, 0.2) is 65.8 Å². The molecule has 0 saturated carbocycles. The summed E-state index contributed by atoms with van der Waals surface area (Å²) in [4.78, 5) is 17.9. The van der Waals surface area contributed by atoms with Crippen LogP contribution >= 0.6 is 11.6 Å². The van der Waals surface area contributed by atoms with Crippen molar-refractivity contribution in [3.63, 3.8) is 0 Å². The van der Waals surface area contributed by atoms with E-state index >= 15 is 0 Å². The van der Waals surface area contributed by atoms with Crippen LogP contribution in [0.5, 0.6) is 0 Å². The molecule has 0 atom stereocenters. The summed E-state index contributed by atoms with van der Waals surface area (Å²) in [5.74, 6) is 0. The molecule has 25 heavy (non-hydrogen) atoms. The molecule has 5 nitrogen and oxygen atoms in total. The predicted molar refractivity (Wildman–Crippen MR) is 98.0 cm³/mol. The third-order valence-electron chi connectivity index (χ3n) is 4.06. The number of halogens is 1. The van der Waals surface area contributed by atoms with Gasteiger partial charge in [-0.2, -0.15) is 5.10 Å². The van der Waals surface area contributed by atoms with Crippen LogP contribution < -0.4 is 5.56 Å². The lowest BCUT2D eigenvalue weighted by Gasteiger charge is -2.05. The smallest absolute Gasteiger partial charge is 0.247 e. The second-order valence-electron chi connectivity index (χ2n) is 5.92. The maximum absolute atomic E-state index is 11.1. The Balaban J connectivity index is 1.50. The first-order valence-corrected chi connectivity index (χ1v) is 8.28. The summed E-state index contributed by atoms with van der Waals surface area (Å²) in [5, 5.41) is 5.86. The zero-order chi connectivity index (χ0) is 17.2. The van der Waals surface area contributed by atoms with E-state index in [4.69, 9.17) is 11.6 Å². The number of nitrogens with zero attached hydrogens (tertiary/aromatic N) is 3. The maximum Gasteiger partial charge on any atom is 0.247 e. The molecule has 0 saturated heterocycles. The summed E-state index contributed by atoms with van der Waals surface area (Å²) in [5.41, 5.74) is 4.18. The fourth-order valence-electron chi connectivity index (χ4n) is 2.78. The summed E-state index contributed by atoms with van der Waals surface area (Å²) < 4.78 is 1.87. The van der Waals surface area contributed by atoms with E-state index in [1.54, 1.807) is 18.5 Å². The monoisotopic (exact) mass is 350 g/mol. The summed E-state index contributed by atoms with van der Waals surface area (Å²) in [7, 11) is 0. The highest BCUT2D eigenvalue weighted by Crippen LogP contribution is 2.20. The number of aromatic nitrogens is 4. The lowest BCUT2D eigenvalue weighted by Crippen LogP contribution is -2.03. The van der Waals surface area contributed by atoms with Gasteiger partial charge in [-0.05, 0) is 29.2 Å². The number of H-pyrrole nitrogens is 1. The molecule has 4 aromatic rings. The van der Waals surface area contributed by atoms with Gasteiger partial charge in [0.1, 0.15) is 5.15 Å². The summed E-state index contributed by atoms with van der Waals surface area (Å²) >= 11 is 6.09. The van der Waals surface area contributed by atoms with Crippen molar-refractivity contribution in [2.45, 2.75) is 13.0 Å². The van der Waals surface area contributed by atoms with Gasteiger partial charge in [0, 0.05) is 24.7 Å². The molecule has 0 unspecified atom stereocenters. The van der Waals surface area contributed by atoms with E-state index in [9.17, 15) is 4.79 Å². The molecule has 3 heterocycles. The van der Waals surface area contributed by atoms with Gasteiger partial charge in [-0.3, -0.25) is 9.48 Å². The van der Waals surface area contributed by atoms with Crippen LogP contribution in [0.3, 0.4) is 0 Å². The van der Waals surface area contributed by atoms with Crippen molar-refractivity contribution in [1.29, 1.82) is 0 Å². The van der Waals surface area contributed by atoms with Crippen LogP contribution in [0.4, 0.5) is 0 Å². The normalized spacial score (nSPS) is 11.1. The first-order chi connectivity index (χ1) is 12.2. The number of benzene rings is 1. The third kappa shape index (κ3) is 3.46. The van der Waals surface area contributed by atoms with E-state index in [-0.39, 0.29) is 5.56 Å². The molecule has 0 spiro atoms. The first-order valence-electron chi connectivity index (χ1n) is 7.90. The molecule has 0 bridgehead atoms. The average Bonchev–Trinajstić information content (AvgIpc) is 3.03. The van der Waals surface area contributed by atoms with Crippen molar-refractivity contribution in [1.82, 2.24) is 19.7 Å². The third-order valence-corrected chi connectivity index (χ3v) is 4.36. The quantitative estimate of drug-likeness (QED) is 0.574. The molecule has 0 aliphatic carbocycles. The SMILES string of the molecule is O=c1ccc(Cc2ccc(Cn3cc4c(Cl)nccc4n3)cc2)c[nH]1. The van der Waals surface area contributed by atoms with Crippen molar-refractivity contribution in [3.05, 3.63) is 93.3 Å². The summed E-state index contributed by atoms with van der Waals surface area (Å²) in [6.07, 6.45) is 6.11. The molecule has 1 aromatic carbocycles. The second kappa shape index (κ2) is 6.53. The van der Waals surface area contributed by atoms with Gasteiger partial charge in [-0.15, -0.1) is 0 Å². The minimum atomic E-state index is -0.0824. The highest BCUT2D eigenvalue weighted by Gasteiger charge is 2.06. The first kappa shape index (κ1) is 15.6. The minimum Gasteiger partial charge on any atom is -0.329 e. The molecule has 0 aliphatic heterocycles. The Morgan fingerprint density at radius 2 is 1.76 bits per heavy atom. The summed E-state index contributed by atoms with van der Waals surface area (Å²) in [6.45, 7) is 0.671. The van der Waals surface area contributed by atoms with Crippen molar-refractivity contribution in [2.75, 3.05) is 0 Å². The van der Waals surface area contributed by atoms with Gasteiger partial charge in [-0.25, -0.2) is 4.98 Å². The molecular formula is C19H15ClN4O. The Kier molecular flexibility index (Phi) is 4.07. The highest BCUT2D eigenvalue weighted by atomic mass is 35.5. The number of hydrogen-bond donors (Lipinski definition) is 1. The number of nitrogens with one attached hydrogen (secondary N) is 1. The van der Waals surface area contributed by atoms with Gasteiger partial charge in [0.05, 0.1) is 17.4 Å². The Morgan fingerprint density at radius 3 is 2.48 bits per heavy atom. The molecule has 4 rings (SSSR count).